The second kappa shape index (κ2) is 4.44. The van der Waals surface area contributed by atoms with E-state index < -0.39 is 12.7 Å². The Bertz CT molecular complexity index is 358. The summed E-state index contributed by atoms with van der Waals surface area (Å²) in [5.74, 6) is -0.975. The second-order valence-corrected chi connectivity index (χ2v) is 3.33. The molecule has 4 N–H and O–H groups in total. The predicted octanol–water partition coefficient (Wildman–Crippen LogP) is -1.17. The summed E-state index contributed by atoms with van der Waals surface area (Å²) in [6.45, 7) is -3.56. The Kier molecular flexibility index (Phi) is 3.46. The molecule has 0 bridgehead atoms. The van der Waals surface area contributed by atoms with Crippen molar-refractivity contribution in [1.82, 2.24) is 0 Å². The Balaban J connectivity index is 2.92. The Morgan fingerprint density at radius 2 is 1.80 bits per heavy atom. The van der Waals surface area contributed by atoms with Crippen molar-refractivity contribution in [3.05, 3.63) is 29.8 Å². The molecular weight excluding hydrogens is 199 g/mol. The van der Waals surface area contributed by atoms with Gasteiger partial charge in [0.25, 0.3) is 0 Å². The zero-order valence-electron chi connectivity index (χ0n) is 8.00. The molecule has 1 aromatic carbocycles. The van der Waals surface area contributed by atoms with Gasteiger partial charge < -0.3 is 20.2 Å². The van der Waals surface area contributed by atoms with Gasteiger partial charge in [0.05, 0.1) is 0 Å². The predicted molar refractivity (Wildman–Crippen MR) is 54.4 cm³/mol. The second-order valence-electron chi connectivity index (χ2n) is 3.33. The molecule has 0 atom stereocenters. The molecule has 0 aromatic heterocycles. The van der Waals surface area contributed by atoms with Crippen LogP contribution in [0.2, 0.25) is 0 Å². The molecule has 1 rings (SSSR count). The van der Waals surface area contributed by atoms with Crippen LogP contribution >= 0.6 is 0 Å². The van der Waals surface area contributed by atoms with Crippen LogP contribution in [0.3, 0.4) is 0 Å². The van der Waals surface area contributed by atoms with Gasteiger partial charge in [0.2, 0.25) is 0 Å². The quantitative estimate of drug-likeness (QED) is 0.470. The number of aliphatic carboxylic acids is 1. The smallest absolute Gasteiger partial charge is 0.402 e. The molecular formula is C9H12BO5-. The van der Waals surface area contributed by atoms with Crippen LogP contribution in [0.4, 0.5) is 0 Å². The summed E-state index contributed by atoms with van der Waals surface area (Å²) in [6.07, 6.45) is 0.0276. The summed E-state index contributed by atoms with van der Waals surface area (Å²) in [5, 5.41) is 35.7. The van der Waals surface area contributed by atoms with E-state index in [1.165, 1.54) is 6.07 Å². The first-order valence-corrected chi connectivity index (χ1v) is 4.53. The van der Waals surface area contributed by atoms with E-state index in [1.807, 2.05) is 0 Å². The maximum atomic E-state index is 10.4. The fraction of sp³-hybridized carbons (Fsp3) is 0.222. The van der Waals surface area contributed by atoms with Gasteiger partial charge in [-0.3, -0.25) is 4.79 Å². The maximum absolute atomic E-state index is 10.4. The van der Waals surface area contributed by atoms with Gasteiger partial charge in [0.15, 0.2) is 0 Å². The number of carboxylic acids is 1. The molecule has 0 fully saturated rings. The number of hydrogen-bond acceptors (Lipinski definition) is 4. The molecule has 6 heteroatoms. The van der Waals surface area contributed by atoms with Gasteiger partial charge in [-0.05, 0) is 6.42 Å². The fourth-order valence-corrected chi connectivity index (χ4v) is 1.38. The Morgan fingerprint density at radius 3 is 2.33 bits per heavy atom. The number of benzene rings is 1. The molecule has 15 heavy (non-hydrogen) atoms. The minimum absolute atomic E-state index is 0.0289. The molecule has 1 aromatic rings. The Morgan fingerprint density at radius 1 is 1.20 bits per heavy atom. The van der Waals surface area contributed by atoms with E-state index >= 15 is 0 Å². The molecule has 0 amide bonds. The summed E-state index contributed by atoms with van der Waals surface area (Å²) in [7, 11) is 0. The van der Waals surface area contributed by atoms with E-state index in [4.69, 9.17) is 20.2 Å². The van der Waals surface area contributed by atoms with Crippen LogP contribution in [0.15, 0.2) is 24.3 Å². The highest BCUT2D eigenvalue weighted by atomic mass is 16.5. The molecule has 0 aliphatic carbocycles. The van der Waals surface area contributed by atoms with Crippen molar-refractivity contribution >= 4 is 18.2 Å². The van der Waals surface area contributed by atoms with Crippen LogP contribution in [0.1, 0.15) is 12.0 Å². The van der Waals surface area contributed by atoms with Gasteiger partial charge in [0, 0.05) is 6.42 Å². The number of carbonyl (C=O) groups is 1. The summed E-state index contributed by atoms with van der Waals surface area (Å²) >= 11 is 0. The van der Waals surface area contributed by atoms with Gasteiger partial charge in [0.1, 0.15) is 0 Å². The highest BCUT2D eigenvalue weighted by Gasteiger charge is 2.20. The van der Waals surface area contributed by atoms with E-state index in [0.717, 1.165) is 0 Å². The van der Waals surface area contributed by atoms with Gasteiger partial charge in [-0.25, -0.2) is 0 Å². The van der Waals surface area contributed by atoms with Gasteiger partial charge in [-0.1, -0.05) is 29.8 Å². The van der Waals surface area contributed by atoms with Crippen LogP contribution in [-0.2, 0) is 11.2 Å². The maximum Gasteiger partial charge on any atom is 0.402 e. The average molecular weight is 211 g/mol. The molecule has 0 aliphatic rings. The van der Waals surface area contributed by atoms with Crippen molar-refractivity contribution in [3.63, 3.8) is 0 Å². The lowest BCUT2D eigenvalue weighted by atomic mass is 9.68. The van der Waals surface area contributed by atoms with Crippen molar-refractivity contribution in [2.45, 2.75) is 12.8 Å². The normalized spacial score (nSPS) is 11.4. The first kappa shape index (κ1) is 11.7. The molecule has 0 aliphatic heterocycles. The van der Waals surface area contributed by atoms with E-state index in [9.17, 15) is 4.79 Å². The van der Waals surface area contributed by atoms with Gasteiger partial charge in [-0.2, -0.15) is 0 Å². The van der Waals surface area contributed by atoms with Gasteiger partial charge >= 0.3 is 12.7 Å². The molecule has 0 radical (unpaired) electrons. The summed E-state index contributed by atoms with van der Waals surface area (Å²) < 4.78 is 0. The highest BCUT2D eigenvalue weighted by Crippen LogP contribution is 2.04. The molecule has 5 nitrogen and oxygen atoms in total. The van der Waals surface area contributed by atoms with Crippen LogP contribution in [0, 0.1) is 0 Å². The molecule has 0 saturated heterocycles. The third-order valence-electron chi connectivity index (χ3n) is 2.08. The van der Waals surface area contributed by atoms with E-state index in [1.54, 1.807) is 18.2 Å². The average Bonchev–Trinajstić information content (AvgIpc) is 2.13. The van der Waals surface area contributed by atoms with Crippen LogP contribution in [0.25, 0.3) is 0 Å². The van der Waals surface area contributed by atoms with Crippen LogP contribution < -0.4 is 5.46 Å². The van der Waals surface area contributed by atoms with Crippen molar-refractivity contribution in [2.24, 2.45) is 0 Å². The Hall–Kier alpha value is -1.37. The molecule has 0 heterocycles. The largest absolute Gasteiger partial charge is 0.556 e. The third-order valence-corrected chi connectivity index (χ3v) is 2.08. The zero-order chi connectivity index (χ0) is 11.5. The van der Waals surface area contributed by atoms with Gasteiger partial charge in [-0.15, -0.1) is 5.46 Å². The molecule has 0 unspecified atom stereocenters. The van der Waals surface area contributed by atoms with Crippen LogP contribution in [-0.4, -0.2) is 32.9 Å². The van der Waals surface area contributed by atoms with Crippen molar-refractivity contribution in [1.29, 1.82) is 0 Å². The first-order valence-electron chi connectivity index (χ1n) is 4.53. The molecule has 0 saturated carbocycles. The summed E-state index contributed by atoms with van der Waals surface area (Å²) in [6, 6.07) is 6.09. The molecule has 82 valence electrons. The highest BCUT2D eigenvalue weighted by molar-refractivity contribution is 6.72. The monoisotopic (exact) mass is 211 g/mol. The van der Waals surface area contributed by atoms with Crippen LogP contribution in [0.5, 0.6) is 0 Å². The summed E-state index contributed by atoms with van der Waals surface area (Å²) in [4.78, 5) is 10.4. The lowest BCUT2D eigenvalue weighted by Crippen LogP contribution is -2.50. The van der Waals surface area contributed by atoms with Crippen molar-refractivity contribution in [2.75, 3.05) is 0 Å². The standard InChI is InChI=1S/C9H12BO5/c11-9(12)6-5-7-3-1-2-4-8(7)10(13,14)15/h1-4,13-15H,5-6H2,(H,11,12)/q-1. The Labute approximate surface area is 86.6 Å². The van der Waals surface area contributed by atoms with E-state index in [2.05, 4.69) is 0 Å². The number of aryl methyl sites for hydroxylation is 1. The summed E-state index contributed by atoms with van der Waals surface area (Å²) in [5.41, 5.74) is 0.395. The van der Waals surface area contributed by atoms with E-state index in [-0.39, 0.29) is 18.3 Å². The lowest BCUT2D eigenvalue weighted by Gasteiger charge is -2.24. The topological polar surface area (TPSA) is 98.0 Å². The number of carboxylic acid groups (broad SMARTS) is 1. The zero-order valence-corrected chi connectivity index (χ0v) is 8.00. The third kappa shape index (κ3) is 3.36. The number of rotatable bonds is 4. The first-order chi connectivity index (χ1) is 6.91. The SMILES string of the molecule is O=C(O)CCc1ccccc1[B-](O)(O)O. The number of hydrogen-bond donors (Lipinski definition) is 4. The van der Waals surface area contributed by atoms with Crippen molar-refractivity contribution in [3.8, 4) is 0 Å². The fourth-order valence-electron chi connectivity index (χ4n) is 1.38. The minimum atomic E-state index is -3.56. The van der Waals surface area contributed by atoms with E-state index in [0.29, 0.717) is 5.56 Å². The lowest BCUT2D eigenvalue weighted by molar-refractivity contribution is -0.136. The van der Waals surface area contributed by atoms with Crippen molar-refractivity contribution < 1.29 is 25.0 Å². The minimum Gasteiger partial charge on any atom is -0.556 e. The molecule has 0 spiro atoms.